The third-order valence-electron chi connectivity index (χ3n) is 4.93. The summed E-state index contributed by atoms with van der Waals surface area (Å²) in [4.78, 5) is 25.3. The minimum absolute atomic E-state index is 0.150. The van der Waals surface area contributed by atoms with E-state index < -0.39 is 0 Å². The molecule has 166 valence electrons. The molecule has 32 heavy (non-hydrogen) atoms. The van der Waals surface area contributed by atoms with Crippen LogP contribution in [0.1, 0.15) is 21.5 Å². The number of carbonyl (C=O) groups is 2. The first kappa shape index (κ1) is 22.7. The fraction of sp³-hybridized carbons (Fsp3) is 0.200. The van der Waals surface area contributed by atoms with Crippen LogP contribution in [0.5, 0.6) is 17.2 Å². The van der Waals surface area contributed by atoms with Crippen molar-refractivity contribution in [2.45, 2.75) is 13.3 Å². The summed E-state index contributed by atoms with van der Waals surface area (Å²) in [5, 5.41) is 5.72. The average molecular weight is 434 g/mol. The molecule has 3 aromatic rings. The summed E-state index contributed by atoms with van der Waals surface area (Å²) < 4.78 is 15.9. The highest BCUT2D eigenvalue weighted by Crippen LogP contribution is 2.30. The molecule has 0 bridgehead atoms. The maximum atomic E-state index is 12.7. The van der Waals surface area contributed by atoms with Crippen LogP contribution in [0.4, 0.5) is 11.4 Å². The van der Waals surface area contributed by atoms with Crippen LogP contribution in [0.3, 0.4) is 0 Å². The quantitative estimate of drug-likeness (QED) is 0.547. The normalized spacial score (nSPS) is 10.2. The van der Waals surface area contributed by atoms with Gasteiger partial charge in [0.25, 0.3) is 5.91 Å². The van der Waals surface area contributed by atoms with Crippen molar-refractivity contribution in [2.24, 2.45) is 0 Å². The average Bonchev–Trinajstić information content (AvgIpc) is 2.79. The minimum Gasteiger partial charge on any atom is -0.495 e. The van der Waals surface area contributed by atoms with Crippen LogP contribution in [-0.2, 0) is 11.2 Å². The fourth-order valence-electron chi connectivity index (χ4n) is 3.28. The van der Waals surface area contributed by atoms with Gasteiger partial charge in [-0.15, -0.1) is 0 Å². The van der Waals surface area contributed by atoms with Crippen LogP contribution < -0.4 is 24.8 Å². The molecule has 0 aliphatic rings. The Hall–Kier alpha value is -4.00. The van der Waals surface area contributed by atoms with Crippen molar-refractivity contribution in [3.8, 4) is 17.2 Å². The Labute approximate surface area is 187 Å². The first-order chi connectivity index (χ1) is 15.4. The Morgan fingerprint density at radius 1 is 0.781 bits per heavy atom. The molecule has 0 saturated heterocycles. The number of aryl methyl sites for hydroxylation is 1. The van der Waals surface area contributed by atoms with Crippen LogP contribution in [-0.4, -0.2) is 33.1 Å². The summed E-state index contributed by atoms with van der Waals surface area (Å²) in [7, 11) is 4.63. The number of benzene rings is 3. The molecule has 0 heterocycles. The number of rotatable bonds is 8. The van der Waals surface area contributed by atoms with Crippen molar-refractivity contribution in [3.05, 3.63) is 77.4 Å². The molecule has 0 saturated carbocycles. The van der Waals surface area contributed by atoms with Crippen molar-refractivity contribution in [1.82, 2.24) is 0 Å². The highest BCUT2D eigenvalue weighted by atomic mass is 16.5. The number of hydrogen-bond acceptors (Lipinski definition) is 5. The molecule has 0 fully saturated rings. The zero-order valence-electron chi connectivity index (χ0n) is 18.5. The summed E-state index contributed by atoms with van der Waals surface area (Å²) in [6, 6.07) is 17.7. The third kappa shape index (κ3) is 5.37. The summed E-state index contributed by atoms with van der Waals surface area (Å²) in [6.07, 6.45) is 0.150. The maximum Gasteiger partial charge on any atom is 0.256 e. The van der Waals surface area contributed by atoms with E-state index in [0.29, 0.717) is 34.2 Å². The lowest BCUT2D eigenvalue weighted by Crippen LogP contribution is -2.16. The second-order valence-electron chi connectivity index (χ2n) is 7.10. The van der Waals surface area contributed by atoms with E-state index in [0.717, 1.165) is 11.1 Å². The number of anilines is 2. The highest BCUT2D eigenvalue weighted by molar-refractivity contribution is 6.06. The predicted octanol–water partition coefficient (Wildman–Crippen LogP) is 4.45. The molecule has 3 rings (SSSR count). The SMILES string of the molecule is COc1ccc(NC(=O)Cc2ccc(OC)c(OC)c2)cc1NC(=O)c1ccccc1C. The molecule has 0 spiro atoms. The molecule has 7 nitrogen and oxygen atoms in total. The van der Waals surface area contributed by atoms with E-state index in [1.54, 1.807) is 50.6 Å². The van der Waals surface area contributed by atoms with Gasteiger partial charge in [0, 0.05) is 11.3 Å². The Morgan fingerprint density at radius 3 is 2.16 bits per heavy atom. The van der Waals surface area contributed by atoms with Gasteiger partial charge in [0.15, 0.2) is 11.5 Å². The minimum atomic E-state index is -0.254. The van der Waals surface area contributed by atoms with E-state index in [1.165, 1.54) is 7.11 Å². The predicted molar refractivity (Wildman–Crippen MR) is 124 cm³/mol. The van der Waals surface area contributed by atoms with Crippen LogP contribution in [0.25, 0.3) is 0 Å². The van der Waals surface area contributed by atoms with Crippen LogP contribution in [0, 0.1) is 6.92 Å². The topological polar surface area (TPSA) is 85.9 Å². The van der Waals surface area contributed by atoms with Gasteiger partial charge < -0.3 is 24.8 Å². The zero-order chi connectivity index (χ0) is 23.1. The summed E-state index contributed by atoms with van der Waals surface area (Å²) in [5.41, 5.74) is 3.21. The molecule has 0 radical (unpaired) electrons. The number of methoxy groups -OCH3 is 3. The molecule has 2 N–H and O–H groups in total. The highest BCUT2D eigenvalue weighted by Gasteiger charge is 2.14. The molecule has 0 aliphatic carbocycles. The molecule has 0 unspecified atom stereocenters. The Bertz CT molecular complexity index is 1130. The van der Waals surface area contributed by atoms with Gasteiger partial charge in [0.2, 0.25) is 5.91 Å². The van der Waals surface area contributed by atoms with Gasteiger partial charge >= 0.3 is 0 Å². The standard InChI is InChI=1S/C25H26N2O5/c1-16-7-5-6-8-19(16)25(29)27-20-15-18(10-12-21(20)30-2)26-24(28)14-17-9-11-22(31-3)23(13-17)32-4/h5-13,15H,14H2,1-4H3,(H,26,28)(H,27,29). The van der Waals surface area contributed by atoms with Crippen LogP contribution in [0.15, 0.2) is 60.7 Å². The molecule has 0 aliphatic heterocycles. The second-order valence-corrected chi connectivity index (χ2v) is 7.10. The van der Waals surface area contributed by atoms with Crippen LogP contribution >= 0.6 is 0 Å². The molecule has 7 heteroatoms. The molecule has 2 amide bonds. The van der Waals surface area contributed by atoms with Crippen molar-refractivity contribution in [1.29, 1.82) is 0 Å². The Morgan fingerprint density at radius 2 is 1.47 bits per heavy atom. The third-order valence-corrected chi connectivity index (χ3v) is 4.93. The van der Waals surface area contributed by atoms with Crippen molar-refractivity contribution in [2.75, 3.05) is 32.0 Å². The molecule has 3 aromatic carbocycles. The largest absolute Gasteiger partial charge is 0.495 e. The first-order valence-corrected chi connectivity index (χ1v) is 10.0. The van der Waals surface area contributed by atoms with E-state index in [9.17, 15) is 9.59 Å². The van der Waals surface area contributed by atoms with Gasteiger partial charge in [-0.25, -0.2) is 0 Å². The van der Waals surface area contributed by atoms with E-state index in [4.69, 9.17) is 14.2 Å². The van der Waals surface area contributed by atoms with Gasteiger partial charge in [-0.05, 0) is 54.4 Å². The number of amides is 2. The molecule has 0 atom stereocenters. The molecule has 0 aromatic heterocycles. The lowest BCUT2D eigenvalue weighted by molar-refractivity contribution is -0.115. The van der Waals surface area contributed by atoms with E-state index in [1.807, 2.05) is 31.2 Å². The van der Waals surface area contributed by atoms with Crippen molar-refractivity contribution in [3.63, 3.8) is 0 Å². The second kappa shape index (κ2) is 10.3. The lowest BCUT2D eigenvalue weighted by Gasteiger charge is -2.14. The van der Waals surface area contributed by atoms with Gasteiger partial charge in [-0.1, -0.05) is 24.3 Å². The van der Waals surface area contributed by atoms with E-state index >= 15 is 0 Å². The van der Waals surface area contributed by atoms with Gasteiger partial charge in [0.1, 0.15) is 5.75 Å². The molecular formula is C25H26N2O5. The summed E-state index contributed by atoms with van der Waals surface area (Å²) in [6.45, 7) is 1.87. The maximum absolute atomic E-state index is 12.7. The Balaban J connectivity index is 1.74. The van der Waals surface area contributed by atoms with Gasteiger partial charge in [-0.2, -0.15) is 0 Å². The monoisotopic (exact) mass is 434 g/mol. The zero-order valence-corrected chi connectivity index (χ0v) is 18.5. The number of carbonyl (C=O) groups excluding carboxylic acids is 2. The lowest BCUT2D eigenvalue weighted by atomic mass is 10.1. The first-order valence-electron chi connectivity index (χ1n) is 10.0. The molecular weight excluding hydrogens is 408 g/mol. The summed E-state index contributed by atoms with van der Waals surface area (Å²) in [5.74, 6) is 1.18. The van der Waals surface area contributed by atoms with Crippen molar-refractivity contribution < 1.29 is 23.8 Å². The number of ether oxygens (including phenoxy) is 3. The number of nitrogens with one attached hydrogen (secondary N) is 2. The van der Waals surface area contributed by atoms with Gasteiger partial charge in [-0.3, -0.25) is 9.59 Å². The number of hydrogen-bond donors (Lipinski definition) is 2. The summed E-state index contributed by atoms with van der Waals surface area (Å²) >= 11 is 0. The van der Waals surface area contributed by atoms with Crippen LogP contribution in [0.2, 0.25) is 0 Å². The van der Waals surface area contributed by atoms with Crippen molar-refractivity contribution >= 4 is 23.2 Å². The van der Waals surface area contributed by atoms with E-state index in [2.05, 4.69) is 10.6 Å². The fourth-order valence-corrected chi connectivity index (χ4v) is 3.28. The van der Waals surface area contributed by atoms with E-state index in [-0.39, 0.29) is 18.2 Å². The smallest absolute Gasteiger partial charge is 0.256 e. The van der Waals surface area contributed by atoms with Gasteiger partial charge in [0.05, 0.1) is 33.4 Å². The Kier molecular flexibility index (Phi) is 7.33.